The van der Waals surface area contributed by atoms with Crippen LogP contribution in [-0.4, -0.2) is 30.9 Å². The Balaban J connectivity index is 0.000000770. The van der Waals surface area contributed by atoms with Crippen molar-refractivity contribution in [2.45, 2.75) is 6.92 Å². The maximum atomic E-state index is 11.4. The molecule has 0 unspecified atom stereocenters. The third-order valence-electron chi connectivity index (χ3n) is 1.61. The summed E-state index contributed by atoms with van der Waals surface area (Å²) in [5, 5.41) is 9.10. The fourth-order valence-electron chi connectivity index (χ4n) is 0.987. The lowest BCUT2D eigenvalue weighted by molar-refractivity contribution is 0.0920. The zero-order chi connectivity index (χ0) is 13.1. The van der Waals surface area contributed by atoms with Crippen molar-refractivity contribution in [2.24, 2.45) is 0 Å². The largest absolute Gasteiger partial charge is 0.495 e. The van der Waals surface area contributed by atoms with Crippen LogP contribution in [0.5, 0.6) is 0 Å². The molecule has 0 fully saturated rings. The van der Waals surface area contributed by atoms with E-state index in [1.165, 1.54) is 0 Å². The predicted octanol–water partition coefficient (Wildman–Crippen LogP) is 3.30. The molecule has 0 aliphatic heterocycles. The molecule has 17 heavy (non-hydrogen) atoms. The van der Waals surface area contributed by atoms with Gasteiger partial charge in [-0.3, -0.25) is 4.79 Å². The van der Waals surface area contributed by atoms with Gasteiger partial charge in [0.1, 0.15) is 0 Å². The second-order valence-electron chi connectivity index (χ2n) is 2.73. The fraction of sp³-hybridized carbons (Fsp3) is 0.182. The average molecular weight is 290 g/mol. The number of benzene rings is 1. The molecule has 0 aliphatic rings. The van der Waals surface area contributed by atoms with Crippen LogP contribution in [0.1, 0.15) is 17.3 Å². The van der Waals surface area contributed by atoms with Crippen LogP contribution in [0.2, 0.25) is 0 Å². The molecule has 0 amide bonds. The first-order chi connectivity index (χ1) is 8.15. The van der Waals surface area contributed by atoms with Crippen molar-refractivity contribution in [1.29, 1.82) is 0 Å². The summed E-state index contributed by atoms with van der Waals surface area (Å²) < 4.78 is 4.73. The zero-order valence-corrected chi connectivity index (χ0v) is 11.9. The van der Waals surface area contributed by atoms with Gasteiger partial charge in [0.05, 0.1) is 12.7 Å². The molecule has 0 aromatic heterocycles. The molecule has 1 aromatic carbocycles. The van der Waals surface area contributed by atoms with Crippen molar-refractivity contribution >= 4 is 39.3 Å². The normalized spacial score (nSPS) is 9.94. The van der Waals surface area contributed by atoms with E-state index < -0.39 is 0 Å². The van der Waals surface area contributed by atoms with Gasteiger partial charge in [0.2, 0.25) is 0 Å². The Morgan fingerprint density at radius 3 is 2.41 bits per heavy atom. The number of ketones is 1. The zero-order valence-electron chi connectivity index (χ0n) is 9.27. The smallest absolute Gasteiger partial charge is 0.481 e. The Labute approximate surface area is 115 Å². The van der Waals surface area contributed by atoms with Gasteiger partial charge < -0.3 is 9.84 Å². The Morgan fingerprint density at radius 2 is 1.94 bits per heavy atom. The molecule has 6 heteroatoms. The third kappa shape index (κ3) is 8.12. The van der Waals surface area contributed by atoms with Crippen LogP contribution in [0, 0.1) is 0 Å². The average Bonchev–Trinajstić information content (AvgIpc) is 2.31. The van der Waals surface area contributed by atoms with E-state index in [0.717, 1.165) is 6.08 Å². The summed E-state index contributed by atoms with van der Waals surface area (Å²) in [6.45, 7) is 2.07. The van der Waals surface area contributed by atoms with Gasteiger partial charge in [0.25, 0.3) is 5.95 Å². The van der Waals surface area contributed by atoms with Crippen molar-refractivity contribution in [3.63, 3.8) is 0 Å². The molecule has 0 heterocycles. The van der Waals surface area contributed by atoms with Crippen molar-refractivity contribution in [3.8, 4) is 0 Å². The maximum Gasteiger partial charge on any atom is 0.495 e. The number of ether oxygens (including phenoxy) is 1. The summed E-state index contributed by atoms with van der Waals surface area (Å²) in [5.41, 5.74) is 0.527. The predicted molar refractivity (Wildman–Crippen MR) is 70.6 cm³/mol. The Hall–Kier alpha value is -0.658. The summed E-state index contributed by atoms with van der Waals surface area (Å²) in [6.07, 6.45) is 1.07. The summed E-state index contributed by atoms with van der Waals surface area (Å²) in [7, 11) is 9.69. The van der Waals surface area contributed by atoms with Gasteiger partial charge in [0, 0.05) is 5.56 Å². The van der Waals surface area contributed by atoms with Crippen molar-refractivity contribution < 1.29 is 14.6 Å². The monoisotopic (exact) mass is 289 g/mol. The first kappa shape index (κ1) is 16.3. The summed E-state index contributed by atoms with van der Waals surface area (Å²) in [6, 6.07) is 8.70. The van der Waals surface area contributed by atoms with Crippen LogP contribution < -0.4 is 0 Å². The minimum Gasteiger partial charge on any atom is -0.481 e. The van der Waals surface area contributed by atoms with E-state index in [1.54, 1.807) is 31.2 Å². The molecule has 0 saturated heterocycles. The van der Waals surface area contributed by atoms with E-state index in [2.05, 4.69) is 0 Å². The number of aliphatic hydroxyl groups excluding tert-OH is 1. The van der Waals surface area contributed by atoms with Gasteiger partial charge in [-0.2, -0.15) is 0 Å². The highest BCUT2D eigenvalue weighted by atomic mass is 35.7. The lowest BCUT2D eigenvalue weighted by atomic mass is 10.1. The summed E-state index contributed by atoms with van der Waals surface area (Å²) >= 11 is -0.306. The number of hydrogen-bond acceptors (Lipinski definition) is 3. The molecule has 1 N–H and O–H groups in total. The number of halogens is 2. The lowest BCUT2D eigenvalue weighted by Crippen LogP contribution is -1.98. The van der Waals surface area contributed by atoms with Crippen LogP contribution in [-0.2, 0) is 4.74 Å². The molecule has 0 saturated carbocycles. The SMILES string of the molecule is CCO/C(O)=C/C(=O)c1ccccc1.[Cl][Al][Cl]. The van der Waals surface area contributed by atoms with E-state index in [4.69, 9.17) is 29.9 Å². The fourth-order valence-corrected chi connectivity index (χ4v) is 0.987. The molecule has 1 rings (SSSR count). The molecule has 1 aromatic rings. The second-order valence-corrected chi connectivity index (χ2v) is 4.87. The van der Waals surface area contributed by atoms with Crippen LogP contribution in [0.25, 0.3) is 0 Å². The second kappa shape index (κ2) is 10.5. The Kier molecular flexibility index (Phi) is 10.1. The van der Waals surface area contributed by atoms with E-state index in [1.807, 2.05) is 6.07 Å². The molecule has 1 radical (unpaired) electrons. The van der Waals surface area contributed by atoms with Crippen molar-refractivity contribution in [1.82, 2.24) is 0 Å². The maximum absolute atomic E-state index is 11.4. The number of allylic oxidation sites excluding steroid dienone is 1. The van der Waals surface area contributed by atoms with Crippen LogP contribution in [0.15, 0.2) is 42.4 Å². The van der Waals surface area contributed by atoms with E-state index >= 15 is 0 Å². The Bertz CT molecular complexity index is 355. The third-order valence-corrected chi connectivity index (χ3v) is 1.61. The highest BCUT2D eigenvalue weighted by molar-refractivity contribution is 7.22. The number of carbonyl (C=O) groups excluding carboxylic acids is 1. The van der Waals surface area contributed by atoms with Gasteiger partial charge in [-0.1, -0.05) is 30.3 Å². The minimum atomic E-state index is -0.346. The van der Waals surface area contributed by atoms with Crippen LogP contribution in [0.3, 0.4) is 0 Å². The topological polar surface area (TPSA) is 46.5 Å². The molecule has 0 atom stereocenters. The number of hydrogen-bond donors (Lipinski definition) is 1. The molecule has 91 valence electrons. The first-order valence-electron chi connectivity index (χ1n) is 4.80. The lowest BCUT2D eigenvalue weighted by Gasteiger charge is -1.99. The van der Waals surface area contributed by atoms with Gasteiger partial charge in [-0.15, -0.1) is 0 Å². The first-order valence-corrected chi connectivity index (χ1v) is 8.29. The van der Waals surface area contributed by atoms with E-state index in [9.17, 15) is 4.79 Å². The molecule has 0 aliphatic carbocycles. The van der Waals surface area contributed by atoms with Crippen molar-refractivity contribution in [2.75, 3.05) is 6.61 Å². The molecule has 0 bridgehead atoms. The molecule has 0 spiro atoms. The van der Waals surface area contributed by atoms with Crippen molar-refractivity contribution in [3.05, 3.63) is 47.9 Å². The summed E-state index contributed by atoms with van der Waals surface area (Å²) in [5.74, 6) is -0.613. The van der Waals surface area contributed by atoms with E-state index in [-0.39, 0.29) is 25.1 Å². The Morgan fingerprint density at radius 1 is 1.41 bits per heavy atom. The number of rotatable bonds is 4. The molecular weight excluding hydrogens is 278 g/mol. The standard InChI is InChI=1S/C11H12O3.Al.2ClH/c1-2-14-11(13)8-10(12)9-6-4-3-5-7-9;;;/h3-8,13H,2H2,1H3;;2*1H/q;+2;;/p-2/b11-8+;;;. The molecule has 3 nitrogen and oxygen atoms in total. The number of aliphatic hydroxyl groups is 1. The highest BCUT2D eigenvalue weighted by Gasteiger charge is 2.03. The van der Waals surface area contributed by atoms with Gasteiger partial charge in [-0.25, -0.2) is 20.1 Å². The van der Waals surface area contributed by atoms with E-state index in [0.29, 0.717) is 12.2 Å². The van der Waals surface area contributed by atoms with Gasteiger partial charge in [0.15, 0.2) is 5.78 Å². The summed E-state index contributed by atoms with van der Waals surface area (Å²) in [4.78, 5) is 11.4. The van der Waals surface area contributed by atoms with Crippen LogP contribution in [0.4, 0.5) is 0 Å². The number of carbonyl (C=O) groups is 1. The quantitative estimate of drug-likeness (QED) is 0.400. The molecular formula is C11H12AlCl2O3. The highest BCUT2D eigenvalue weighted by Crippen LogP contribution is 2.02. The van der Waals surface area contributed by atoms with Gasteiger partial charge in [-0.05, 0) is 6.92 Å². The van der Waals surface area contributed by atoms with Crippen LogP contribution >= 0.6 is 20.1 Å². The van der Waals surface area contributed by atoms with Gasteiger partial charge >= 0.3 is 13.4 Å². The minimum absolute atomic E-state index is 0.267.